The Kier molecular flexibility index (Phi) is 2.58. The van der Waals surface area contributed by atoms with Gasteiger partial charge in [0.05, 0.1) is 0 Å². The molecular weight excluding hydrogens is 164 g/mol. The molecule has 0 aliphatic carbocycles. The molecule has 10 heavy (non-hydrogen) atoms. The van der Waals surface area contributed by atoms with Gasteiger partial charge in [-0.3, -0.25) is 0 Å². The van der Waals surface area contributed by atoms with Crippen LogP contribution in [0.3, 0.4) is 0 Å². The summed E-state index contributed by atoms with van der Waals surface area (Å²) in [6, 6.07) is 0. The minimum atomic E-state index is -2.72. The fourth-order valence-electron chi connectivity index (χ4n) is 0.749. The van der Waals surface area contributed by atoms with Crippen molar-refractivity contribution in [3.8, 4) is 0 Å². The van der Waals surface area contributed by atoms with E-state index in [1.165, 1.54) is 26.2 Å². The van der Waals surface area contributed by atoms with Crippen molar-refractivity contribution in [2.24, 2.45) is 0 Å². The molecule has 2 N–H and O–H groups in total. The van der Waals surface area contributed by atoms with Gasteiger partial charge in [0.2, 0.25) is 0 Å². The third-order valence-electron chi connectivity index (χ3n) is 1.11. The van der Waals surface area contributed by atoms with Crippen molar-refractivity contribution in [2.45, 2.75) is 26.2 Å². The second-order valence-electron chi connectivity index (χ2n) is 3.45. The first-order valence-electron chi connectivity index (χ1n) is 3.15. The summed E-state index contributed by atoms with van der Waals surface area (Å²) in [5.41, 5.74) is 0. The van der Waals surface area contributed by atoms with E-state index in [2.05, 4.69) is 0 Å². The van der Waals surface area contributed by atoms with E-state index in [1.807, 2.05) is 0 Å². The summed E-state index contributed by atoms with van der Waals surface area (Å²) in [6.45, 7) is 6.11. The molecule has 0 unspecified atom stereocenters. The van der Waals surface area contributed by atoms with Crippen LogP contribution in [0.25, 0.3) is 0 Å². The molecule has 0 radical (unpaired) electrons. The minimum Gasteiger partial charge on any atom is -0.426 e. The van der Waals surface area contributed by atoms with Gasteiger partial charge in [-0.25, -0.2) is 0 Å². The molecule has 0 rings (SSSR count). The zero-order valence-corrected chi connectivity index (χ0v) is 8.80. The van der Waals surface area contributed by atoms with Crippen molar-refractivity contribution < 1.29 is 14.4 Å². The van der Waals surface area contributed by atoms with Crippen LogP contribution in [-0.2, 0) is 0 Å². The molecule has 0 heterocycles. The maximum Gasteiger partial charge on any atom is 0.252 e. The Labute approximate surface area is 63.0 Å². The lowest BCUT2D eigenvalue weighted by Gasteiger charge is -2.20. The molecule has 0 aliphatic heterocycles. The van der Waals surface area contributed by atoms with E-state index in [4.69, 9.17) is 0 Å². The van der Waals surface area contributed by atoms with E-state index >= 15 is 0 Å². The van der Waals surface area contributed by atoms with Gasteiger partial charge in [0.25, 0.3) is 16.6 Å². The molecule has 0 bridgehead atoms. The number of hydrogen-bond acceptors (Lipinski definition) is 3. The summed E-state index contributed by atoms with van der Waals surface area (Å²) in [4.78, 5) is 29.7. The van der Waals surface area contributed by atoms with Gasteiger partial charge in [0, 0.05) is 0 Å². The summed E-state index contributed by atoms with van der Waals surface area (Å²) < 4.78 is 0. The van der Waals surface area contributed by atoms with Crippen molar-refractivity contribution in [3.63, 3.8) is 0 Å². The van der Waals surface area contributed by atoms with Gasteiger partial charge in [-0.05, 0) is 26.2 Å². The molecule has 5 heteroatoms. The van der Waals surface area contributed by atoms with E-state index in [0.29, 0.717) is 0 Å². The van der Waals surface area contributed by atoms with Crippen LogP contribution in [0, 0.1) is 0 Å². The van der Waals surface area contributed by atoms with E-state index < -0.39 is 16.6 Å². The molecular formula is C5H14O3Si2. The lowest BCUT2D eigenvalue weighted by molar-refractivity contribution is 0.265. The Morgan fingerprint density at radius 3 is 1.20 bits per heavy atom. The molecule has 0 spiro atoms. The minimum absolute atomic E-state index is 0.292. The van der Waals surface area contributed by atoms with Crippen LogP contribution in [-0.4, -0.2) is 31.3 Å². The molecule has 0 aromatic rings. The third-order valence-corrected chi connectivity index (χ3v) is 7.00. The third kappa shape index (κ3) is 2.74. The summed E-state index contributed by atoms with van der Waals surface area (Å²) in [5.74, 6) is 0. The average Bonchev–Trinajstić information content (AvgIpc) is 1.59. The van der Waals surface area contributed by atoms with Crippen LogP contribution in [0.1, 0.15) is 0 Å². The SMILES string of the molecule is C[Si](C)(O)C(=O)[Si](C)(C)O. The molecule has 60 valence electrons. The van der Waals surface area contributed by atoms with E-state index in [-0.39, 0.29) is 5.03 Å². The van der Waals surface area contributed by atoms with Crippen LogP contribution < -0.4 is 0 Å². The first-order chi connectivity index (χ1) is 4.15. The van der Waals surface area contributed by atoms with Crippen molar-refractivity contribution in [3.05, 3.63) is 0 Å². The molecule has 3 nitrogen and oxygen atoms in total. The summed E-state index contributed by atoms with van der Waals surface area (Å²) in [5, 5.41) is -0.292. The van der Waals surface area contributed by atoms with Gasteiger partial charge >= 0.3 is 0 Å². The summed E-state index contributed by atoms with van der Waals surface area (Å²) in [7, 11) is -5.45. The van der Waals surface area contributed by atoms with Gasteiger partial charge < -0.3 is 14.4 Å². The van der Waals surface area contributed by atoms with Gasteiger partial charge in [0.1, 0.15) is 0 Å². The van der Waals surface area contributed by atoms with Crippen LogP contribution in [0.15, 0.2) is 0 Å². The maximum atomic E-state index is 11.1. The smallest absolute Gasteiger partial charge is 0.252 e. The van der Waals surface area contributed by atoms with Gasteiger partial charge in [-0.2, -0.15) is 0 Å². The lowest BCUT2D eigenvalue weighted by atomic mass is 11.7. The van der Waals surface area contributed by atoms with Crippen molar-refractivity contribution in [2.75, 3.05) is 0 Å². The number of hydrogen-bond donors (Lipinski definition) is 2. The lowest BCUT2D eigenvalue weighted by Crippen LogP contribution is -2.52. The van der Waals surface area contributed by atoms with E-state index in [1.54, 1.807) is 0 Å². The highest BCUT2D eigenvalue weighted by Crippen LogP contribution is 2.09. The molecule has 0 saturated carbocycles. The fraction of sp³-hybridized carbons (Fsp3) is 0.800. The second kappa shape index (κ2) is 2.57. The van der Waals surface area contributed by atoms with Gasteiger partial charge in [-0.1, -0.05) is 0 Å². The molecule has 0 aromatic carbocycles. The highest BCUT2D eigenvalue weighted by molar-refractivity contribution is 7.27. The quantitative estimate of drug-likeness (QED) is 0.611. The fourth-order valence-corrected chi connectivity index (χ4v) is 6.74. The van der Waals surface area contributed by atoms with Gasteiger partial charge in [0.15, 0.2) is 5.03 Å². The molecule has 0 saturated heterocycles. The van der Waals surface area contributed by atoms with Gasteiger partial charge in [-0.15, -0.1) is 0 Å². The van der Waals surface area contributed by atoms with Crippen molar-refractivity contribution in [1.82, 2.24) is 0 Å². The predicted molar refractivity (Wildman–Crippen MR) is 44.8 cm³/mol. The monoisotopic (exact) mass is 178 g/mol. The average molecular weight is 178 g/mol. The van der Waals surface area contributed by atoms with Crippen LogP contribution >= 0.6 is 0 Å². The Hall–Kier alpha value is 0.0238. The summed E-state index contributed by atoms with van der Waals surface area (Å²) in [6.07, 6.45) is 0. The molecule has 0 aromatic heterocycles. The molecule has 0 aliphatic rings. The Morgan fingerprint density at radius 1 is 1.00 bits per heavy atom. The molecule has 0 fully saturated rings. The standard InChI is InChI=1S/C5H14O3Si2/c1-9(2,7)5(6)10(3,4)8/h7-8H,1-4H3. The Bertz CT molecular complexity index is 126. The van der Waals surface area contributed by atoms with Crippen LogP contribution in [0.4, 0.5) is 4.79 Å². The largest absolute Gasteiger partial charge is 0.426 e. The topological polar surface area (TPSA) is 57.5 Å². The normalized spacial score (nSPS) is 13.4. The second-order valence-corrected chi connectivity index (χ2v) is 11.1. The van der Waals surface area contributed by atoms with Crippen LogP contribution in [0.5, 0.6) is 0 Å². The zero-order chi connectivity index (χ0) is 8.58. The predicted octanol–water partition coefficient (Wildman–Crippen LogP) is 0.665. The number of carbonyl (C=O) groups is 1. The highest BCUT2D eigenvalue weighted by Gasteiger charge is 2.40. The van der Waals surface area contributed by atoms with E-state index in [9.17, 15) is 14.4 Å². The first kappa shape index (κ1) is 10.0. The number of carbonyl (C=O) groups excluding carboxylic acids is 1. The maximum absolute atomic E-state index is 11.1. The van der Waals surface area contributed by atoms with Crippen LogP contribution in [0.2, 0.25) is 26.2 Å². The molecule has 0 amide bonds. The zero-order valence-electron chi connectivity index (χ0n) is 6.80. The first-order valence-corrected chi connectivity index (χ1v) is 9.05. The number of rotatable bonds is 2. The van der Waals surface area contributed by atoms with Crippen molar-refractivity contribution in [1.29, 1.82) is 0 Å². The highest BCUT2D eigenvalue weighted by atomic mass is 28.4. The Morgan fingerprint density at radius 2 is 1.20 bits per heavy atom. The van der Waals surface area contributed by atoms with E-state index in [0.717, 1.165) is 0 Å². The molecule has 0 atom stereocenters. The van der Waals surface area contributed by atoms with Crippen molar-refractivity contribution >= 4 is 21.7 Å². The Balaban J connectivity index is 4.40. The summed E-state index contributed by atoms with van der Waals surface area (Å²) >= 11 is 0.